The number of hydrogen-bond donors (Lipinski definition) is 3. The maximum Gasteiger partial charge on any atom is 0.305 e. The number of hydrogen-bond acceptors (Lipinski definition) is 5. The second-order valence-corrected chi connectivity index (χ2v) is 26.7. The standard InChI is InChI=1S/C78H151NO5/c1-3-5-7-9-11-13-15-17-18-40-43-47-50-54-58-62-66-70-76(81)75(74-80)79-77(82)71-67-63-59-55-51-48-44-41-38-36-34-32-30-28-26-24-22-20-19-21-23-25-27-29-31-33-35-37-39-42-45-49-53-57-61-65-69-73-84-78(83)72-68-64-60-56-52-46-16-14-12-10-8-6-4-2/h19,21,25,27,75-76,80-81H,3-18,20,22-24,26,28-74H2,1-2H3,(H,79,82)/b21-19-,27-25-. The van der Waals surface area contributed by atoms with Crippen LogP contribution in [0.4, 0.5) is 0 Å². The second-order valence-electron chi connectivity index (χ2n) is 26.7. The third-order valence-corrected chi connectivity index (χ3v) is 18.3. The zero-order chi connectivity index (χ0) is 60.6. The fraction of sp³-hybridized carbons (Fsp3) is 0.923. The smallest absolute Gasteiger partial charge is 0.305 e. The van der Waals surface area contributed by atoms with Gasteiger partial charge in [-0.2, -0.15) is 0 Å². The lowest BCUT2D eigenvalue weighted by atomic mass is 10.0. The Labute approximate surface area is 526 Å². The molecule has 3 N–H and O–H groups in total. The molecule has 84 heavy (non-hydrogen) atoms. The van der Waals surface area contributed by atoms with Crippen molar-refractivity contribution in [3.63, 3.8) is 0 Å². The predicted octanol–water partition coefficient (Wildman–Crippen LogP) is 25.3. The van der Waals surface area contributed by atoms with E-state index in [2.05, 4.69) is 43.5 Å². The number of allylic oxidation sites excluding steroid dienone is 4. The highest BCUT2D eigenvalue weighted by atomic mass is 16.5. The van der Waals surface area contributed by atoms with Gasteiger partial charge in [-0.05, 0) is 57.8 Å². The maximum atomic E-state index is 12.5. The van der Waals surface area contributed by atoms with E-state index >= 15 is 0 Å². The van der Waals surface area contributed by atoms with E-state index in [4.69, 9.17) is 4.74 Å². The van der Waals surface area contributed by atoms with E-state index in [9.17, 15) is 19.8 Å². The third kappa shape index (κ3) is 69.4. The molecule has 0 saturated heterocycles. The number of esters is 1. The normalized spacial score (nSPS) is 12.6. The number of nitrogens with one attached hydrogen (secondary N) is 1. The summed E-state index contributed by atoms with van der Waals surface area (Å²) < 4.78 is 5.49. The van der Waals surface area contributed by atoms with Crippen LogP contribution < -0.4 is 5.32 Å². The van der Waals surface area contributed by atoms with Crippen molar-refractivity contribution in [3.05, 3.63) is 24.3 Å². The number of carbonyl (C=O) groups is 2. The molecule has 0 radical (unpaired) electrons. The lowest BCUT2D eigenvalue weighted by molar-refractivity contribution is -0.143. The SMILES string of the molecule is CCCCCCCCCCCCCCCCCCCC(O)C(CO)NC(=O)CCCCCCCCCCCCCCCCCCC/C=C\C/C=C\CCCCCCCCCCCCCCCOC(=O)CCCCCCCCCCCCCCC. The van der Waals surface area contributed by atoms with E-state index in [1.54, 1.807) is 0 Å². The summed E-state index contributed by atoms with van der Waals surface area (Å²) in [6.07, 6.45) is 94.1. The Bertz CT molecular complexity index is 1320. The van der Waals surface area contributed by atoms with Crippen molar-refractivity contribution in [2.75, 3.05) is 13.2 Å². The molecule has 0 aromatic carbocycles. The first kappa shape index (κ1) is 82.3. The van der Waals surface area contributed by atoms with Crippen LogP contribution in [0.2, 0.25) is 0 Å². The number of carbonyl (C=O) groups excluding carboxylic acids is 2. The van der Waals surface area contributed by atoms with E-state index in [0.29, 0.717) is 25.9 Å². The molecule has 0 heterocycles. The Kier molecular flexibility index (Phi) is 72.3. The molecule has 6 nitrogen and oxygen atoms in total. The average Bonchev–Trinajstić information content (AvgIpc) is 3.51. The minimum atomic E-state index is -0.662. The Morgan fingerprint density at radius 3 is 0.905 bits per heavy atom. The van der Waals surface area contributed by atoms with Crippen molar-refractivity contribution >= 4 is 11.9 Å². The minimum Gasteiger partial charge on any atom is -0.466 e. The molecule has 0 aliphatic rings. The van der Waals surface area contributed by atoms with E-state index in [0.717, 1.165) is 44.9 Å². The maximum absolute atomic E-state index is 12.5. The third-order valence-electron chi connectivity index (χ3n) is 18.3. The Morgan fingerprint density at radius 1 is 0.333 bits per heavy atom. The molecule has 0 saturated carbocycles. The zero-order valence-electron chi connectivity index (χ0n) is 57.2. The summed E-state index contributed by atoms with van der Waals surface area (Å²) in [6, 6.07) is -0.539. The van der Waals surface area contributed by atoms with Gasteiger partial charge in [-0.15, -0.1) is 0 Å². The number of aliphatic hydroxyl groups is 2. The van der Waals surface area contributed by atoms with Crippen LogP contribution >= 0.6 is 0 Å². The lowest BCUT2D eigenvalue weighted by Gasteiger charge is -2.22. The first-order valence-electron chi connectivity index (χ1n) is 38.6. The molecular weight excluding hydrogens is 1030 g/mol. The number of amides is 1. The molecule has 2 unspecified atom stereocenters. The van der Waals surface area contributed by atoms with Gasteiger partial charge in [0.05, 0.1) is 25.4 Å². The van der Waals surface area contributed by atoms with Gasteiger partial charge >= 0.3 is 5.97 Å². The van der Waals surface area contributed by atoms with Crippen LogP contribution in [0.3, 0.4) is 0 Å². The Morgan fingerprint density at radius 2 is 0.595 bits per heavy atom. The van der Waals surface area contributed by atoms with Crippen molar-refractivity contribution in [1.29, 1.82) is 0 Å². The lowest BCUT2D eigenvalue weighted by Crippen LogP contribution is -2.45. The first-order valence-corrected chi connectivity index (χ1v) is 38.6. The minimum absolute atomic E-state index is 0.0211. The molecule has 0 aromatic heterocycles. The summed E-state index contributed by atoms with van der Waals surface area (Å²) in [5, 5.41) is 23.4. The monoisotopic (exact) mass is 1180 g/mol. The molecule has 2 atom stereocenters. The average molecular weight is 1180 g/mol. The van der Waals surface area contributed by atoms with E-state index < -0.39 is 12.1 Å². The van der Waals surface area contributed by atoms with Gasteiger partial charge in [0.2, 0.25) is 5.91 Å². The Hall–Kier alpha value is -1.66. The molecule has 6 heteroatoms. The summed E-state index contributed by atoms with van der Waals surface area (Å²) in [5.74, 6) is -0.00700. The van der Waals surface area contributed by atoms with Crippen molar-refractivity contribution < 1.29 is 24.5 Å². The molecule has 0 bridgehead atoms. The van der Waals surface area contributed by atoms with Gasteiger partial charge < -0.3 is 20.3 Å². The Balaban J connectivity index is 3.35. The predicted molar refractivity (Wildman–Crippen MR) is 370 cm³/mol. The second kappa shape index (κ2) is 73.8. The van der Waals surface area contributed by atoms with Crippen LogP contribution in [0, 0.1) is 0 Å². The molecule has 0 fully saturated rings. The summed E-state index contributed by atoms with van der Waals surface area (Å²) in [6.45, 7) is 5.00. The molecule has 0 aliphatic carbocycles. The van der Waals surface area contributed by atoms with Gasteiger partial charge in [0, 0.05) is 12.8 Å². The fourth-order valence-corrected chi connectivity index (χ4v) is 12.4. The van der Waals surface area contributed by atoms with Gasteiger partial charge in [-0.1, -0.05) is 391 Å². The molecule has 1 amide bonds. The zero-order valence-corrected chi connectivity index (χ0v) is 57.2. The highest BCUT2D eigenvalue weighted by Crippen LogP contribution is 2.20. The van der Waals surface area contributed by atoms with Crippen molar-refractivity contribution in [2.24, 2.45) is 0 Å². The number of rotatable bonds is 73. The van der Waals surface area contributed by atoms with Crippen LogP contribution in [0.1, 0.15) is 438 Å². The summed E-state index contributed by atoms with van der Waals surface area (Å²) in [4.78, 5) is 24.6. The molecular formula is C78H151NO5. The van der Waals surface area contributed by atoms with Gasteiger partial charge in [0.25, 0.3) is 0 Å². The van der Waals surface area contributed by atoms with Crippen LogP contribution in [0.25, 0.3) is 0 Å². The number of unbranched alkanes of at least 4 members (excludes halogenated alkanes) is 58. The van der Waals surface area contributed by atoms with Crippen LogP contribution in [-0.2, 0) is 14.3 Å². The first-order chi connectivity index (χ1) is 41.5. The summed E-state index contributed by atoms with van der Waals surface area (Å²) in [5.41, 5.74) is 0. The van der Waals surface area contributed by atoms with Crippen molar-refractivity contribution in [3.8, 4) is 0 Å². The molecule has 498 valence electrons. The van der Waals surface area contributed by atoms with Gasteiger partial charge in [-0.3, -0.25) is 9.59 Å². The van der Waals surface area contributed by atoms with Crippen LogP contribution in [0.5, 0.6) is 0 Å². The molecule has 0 aromatic rings. The molecule has 0 rings (SSSR count). The van der Waals surface area contributed by atoms with E-state index in [1.165, 1.54) is 360 Å². The van der Waals surface area contributed by atoms with E-state index in [1.807, 2.05) is 0 Å². The number of ether oxygens (including phenoxy) is 1. The fourth-order valence-electron chi connectivity index (χ4n) is 12.4. The largest absolute Gasteiger partial charge is 0.466 e. The van der Waals surface area contributed by atoms with Gasteiger partial charge in [0.15, 0.2) is 0 Å². The van der Waals surface area contributed by atoms with Gasteiger partial charge in [0.1, 0.15) is 0 Å². The van der Waals surface area contributed by atoms with Crippen LogP contribution in [0.15, 0.2) is 24.3 Å². The molecule has 0 aliphatic heterocycles. The summed E-state index contributed by atoms with van der Waals surface area (Å²) in [7, 11) is 0. The highest BCUT2D eigenvalue weighted by Gasteiger charge is 2.20. The van der Waals surface area contributed by atoms with Crippen LogP contribution in [-0.4, -0.2) is 47.4 Å². The van der Waals surface area contributed by atoms with Crippen molar-refractivity contribution in [1.82, 2.24) is 5.32 Å². The van der Waals surface area contributed by atoms with Gasteiger partial charge in [-0.25, -0.2) is 0 Å². The van der Waals surface area contributed by atoms with E-state index in [-0.39, 0.29) is 18.5 Å². The highest BCUT2D eigenvalue weighted by molar-refractivity contribution is 5.76. The topological polar surface area (TPSA) is 95.9 Å². The van der Waals surface area contributed by atoms with Crippen molar-refractivity contribution in [2.45, 2.75) is 450 Å². The summed E-state index contributed by atoms with van der Waals surface area (Å²) >= 11 is 0. The molecule has 0 spiro atoms. The number of aliphatic hydroxyl groups excluding tert-OH is 2. The quantitative estimate of drug-likeness (QED) is 0.0320.